The Bertz CT molecular complexity index is 1310. The lowest BCUT2D eigenvalue weighted by molar-refractivity contribution is 0.451. The highest BCUT2D eigenvalue weighted by Crippen LogP contribution is 2.41. The van der Waals surface area contributed by atoms with Crippen molar-refractivity contribution in [2.45, 2.75) is 49.2 Å². The van der Waals surface area contributed by atoms with Crippen molar-refractivity contribution in [3.05, 3.63) is 77.7 Å². The molecule has 1 aliphatic carbocycles. The Morgan fingerprint density at radius 1 is 0.794 bits per heavy atom. The second kappa shape index (κ2) is 9.87. The van der Waals surface area contributed by atoms with Crippen LogP contribution in [0.2, 0.25) is 0 Å². The van der Waals surface area contributed by atoms with Crippen LogP contribution in [-0.4, -0.2) is 26.2 Å². The third-order valence-electron chi connectivity index (χ3n) is 7.31. The molecule has 0 unspecified atom stereocenters. The van der Waals surface area contributed by atoms with Crippen molar-refractivity contribution in [1.82, 2.24) is 4.58 Å². The summed E-state index contributed by atoms with van der Waals surface area (Å²) in [5.74, 6) is 1.96. The lowest BCUT2D eigenvalue weighted by atomic mass is 10.1. The molecule has 3 aliphatic heterocycles. The summed E-state index contributed by atoms with van der Waals surface area (Å²) in [6.45, 7) is 4.59. The van der Waals surface area contributed by atoms with Gasteiger partial charge in [0.25, 0.3) is 0 Å². The fourth-order valence-corrected chi connectivity index (χ4v) is 6.56. The average molecular weight is 470 g/mol. The Morgan fingerprint density at radius 3 is 2.41 bits per heavy atom. The van der Waals surface area contributed by atoms with Gasteiger partial charge in [0, 0.05) is 65.3 Å². The fraction of sp³-hybridized carbons (Fsp3) is 0.367. The van der Waals surface area contributed by atoms with E-state index in [2.05, 4.69) is 76.2 Å². The van der Waals surface area contributed by atoms with E-state index in [0.29, 0.717) is 0 Å². The van der Waals surface area contributed by atoms with Gasteiger partial charge in [-0.3, -0.25) is 0 Å². The van der Waals surface area contributed by atoms with E-state index in [0.717, 1.165) is 43.3 Å². The second-order valence-electron chi connectivity index (χ2n) is 9.66. The van der Waals surface area contributed by atoms with Crippen LogP contribution in [0.4, 0.5) is 5.69 Å². The molecule has 0 aromatic heterocycles. The molecule has 0 atom stereocenters. The molecular formula is C30H33N2OS+. The highest BCUT2D eigenvalue weighted by molar-refractivity contribution is 7.98. The third-order valence-corrected chi connectivity index (χ3v) is 8.51. The topological polar surface area (TPSA) is 19.4 Å². The molecule has 2 fully saturated rings. The summed E-state index contributed by atoms with van der Waals surface area (Å²) in [6, 6.07) is 24.5. The minimum absolute atomic E-state index is 0.955. The molecule has 6 rings (SSSR count). The summed E-state index contributed by atoms with van der Waals surface area (Å²) in [5.41, 5.74) is 4.87. The zero-order chi connectivity index (χ0) is 22.7. The Labute approximate surface area is 206 Å². The average Bonchev–Trinajstić information content (AvgIpc) is 2.92. The summed E-state index contributed by atoms with van der Waals surface area (Å²) in [5, 5.41) is 2.52. The number of hydrogen-bond donors (Lipinski definition) is 0. The lowest BCUT2D eigenvalue weighted by Crippen LogP contribution is -2.34. The largest absolute Gasteiger partial charge is 0.456 e. The zero-order valence-electron chi connectivity index (χ0n) is 19.8. The first-order valence-corrected chi connectivity index (χ1v) is 13.8. The molecule has 174 valence electrons. The molecule has 3 nitrogen and oxygen atoms in total. The van der Waals surface area contributed by atoms with Gasteiger partial charge in [-0.15, -0.1) is 11.8 Å². The number of hydrogen-bond acceptors (Lipinski definition) is 3. The molecule has 3 heterocycles. The summed E-state index contributed by atoms with van der Waals surface area (Å²) >= 11 is 1.93. The van der Waals surface area contributed by atoms with Crippen LogP contribution in [0, 0.1) is 0 Å². The van der Waals surface area contributed by atoms with Crippen molar-refractivity contribution in [1.29, 1.82) is 0 Å². The van der Waals surface area contributed by atoms with E-state index >= 15 is 0 Å². The Hall–Kier alpha value is -2.72. The minimum atomic E-state index is 0.955. The van der Waals surface area contributed by atoms with Crippen LogP contribution in [0.1, 0.15) is 44.1 Å². The number of benzene rings is 3. The highest BCUT2D eigenvalue weighted by Gasteiger charge is 2.20. The normalized spacial score (nSPS) is 16.9. The number of anilines is 1. The van der Waals surface area contributed by atoms with Gasteiger partial charge in [0.05, 0.1) is 6.07 Å². The van der Waals surface area contributed by atoms with Crippen molar-refractivity contribution in [2.75, 3.05) is 31.1 Å². The van der Waals surface area contributed by atoms with Gasteiger partial charge >= 0.3 is 0 Å². The second-order valence-corrected chi connectivity index (χ2v) is 10.6. The number of nitrogens with zero attached hydrogens (tertiary/aromatic N) is 2. The van der Waals surface area contributed by atoms with Crippen LogP contribution < -0.4 is 14.8 Å². The molecule has 2 saturated heterocycles. The molecule has 34 heavy (non-hydrogen) atoms. The SMILES string of the molecule is c1ccc(CSc2c3ccc(=[N+]4CCCCC4)cc-3oc3cc(N4CCCCC4)ccc23)cc1. The van der Waals surface area contributed by atoms with Gasteiger partial charge in [-0.1, -0.05) is 30.3 Å². The molecule has 4 heteroatoms. The van der Waals surface area contributed by atoms with Crippen molar-refractivity contribution < 1.29 is 4.42 Å². The number of rotatable bonds is 4. The number of piperidine rings is 2. The third kappa shape index (κ3) is 4.48. The van der Waals surface area contributed by atoms with Gasteiger partial charge in [0.15, 0.2) is 0 Å². The van der Waals surface area contributed by atoms with Gasteiger partial charge < -0.3 is 9.32 Å². The van der Waals surface area contributed by atoms with E-state index in [-0.39, 0.29) is 0 Å². The predicted molar refractivity (Wildman–Crippen MR) is 144 cm³/mol. The van der Waals surface area contributed by atoms with Crippen molar-refractivity contribution in [3.63, 3.8) is 0 Å². The van der Waals surface area contributed by atoms with Gasteiger partial charge in [-0.05, 0) is 49.4 Å². The molecule has 2 aromatic rings. The maximum atomic E-state index is 6.64. The molecule has 0 radical (unpaired) electrons. The number of fused-ring (bicyclic) bond motifs is 2. The van der Waals surface area contributed by atoms with Crippen LogP contribution in [0.15, 0.2) is 76.0 Å². The summed E-state index contributed by atoms with van der Waals surface area (Å²) in [6.07, 6.45) is 7.82. The summed E-state index contributed by atoms with van der Waals surface area (Å²) < 4.78 is 9.15. The standard InChI is InChI=1S/C30H33N2OS/c1-4-10-23(11-5-1)22-34-30-26-14-12-24(31-16-6-2-7-17-31)20-28(26)33-29-21-25(13-15-27(29)30)32-18-8-3-9-19-32/h1,4-5,10-15,20-21H,2-3,6-9,16-19,22H2/q+1. The van der Waals surface area contributed by atoms with E-state index in [1.54, 1.807) is 0 Å². The van der Waals surface area contributed by atoms with E-state index < -0.39 is 0 Å². The lowest BCUT2D eigenvalue weighted by Gasteiger charge is -2.29. The van der Waals surface area contributed by atoms with E-state index in [4.69, 9.17) is 4.42 Å². The van der Waals surface area contributed by atoms with Crippen LogP contribution in [0.25, 0.3) is 22.3 Å². The first-order chi connectivity index (χ1) is 16.8. The van der Waals surface area contributed by atoms with Crippen molar-refractivity contribution in [2.24, 2.45) is 0 Å². The molecule has 2 aromatic carbocycles. The summed E-state index contributed by atoms with van der Waals surface area (Å²) in [4.78, 5) is 3.85. The highest BCUT2D eigenvalue weighted by atomic mass is 32.2. The Morgan fingerprint density at radius 2 is 1.59 bits per heavy atom. The first kappa shape index (κ1) is 21.8. The first-order valence-electron chi connectivity index (χ1n) is 12.9. The smallest absolute Gasteiger partial charge is 0.203 e. The molecule has 0 saturated carbocycles. The molecule has 0 bridgehead atoms. The predicted octanol–water partition coefficient (Wildman–Crippen LogP) is 6.78. The monoisotopic (exact) mass is 469 g/mol. The van der Waals surface area contributed by atoms with E-state index in [1.165, 1.54) is 71.0 Å². The Balaban J connectivity index is 1.47. The van der Waals surface area contributed by atoms with Crippen LogP contribution in [-0.2, 0) is 5.75 Å². The molecule has 4 aliphatic rings. The summed E-state index contributed by atoms with van der Waals surface area (Å²) in [7, 11) is 0. The zero-order valence-corrected chi connectivity index (χ0v) is 20.7. The molecular weight excluding hydrogens is 436 g/mol. The van der Waals surface area contributed by atoms with Gasteiger partial charge in [-0.2, -0.15) is 0 Å². The fourth-order valence-electron chi connectivity index (χ4n) is 5.41. The van der Waals surface area contributed by atoms with Gasteiger partial charge in [0.2, 0.25) is 5.36 Å². The van der Waals surface area contributed by atoms with E-state index in [1.807, 2.05) is 11.8 Å². The molecule has 0 N–H and O–H groups in total. The van der Waals surface area contributed by atoms with Crippen LogP contribution >= 0.6 is 11.8 Å². The quantitative estimate of drug-likeness (QED) is 0.187. The molecule has 0 amide bonds. The maximum Gasteiger partial charge on any atom is 0.203 e. The molecule has 0 spiro atoms. The van der Waals surface area contributed by atoms with Crippen LogP contribution in [0.5, 0.6) is 0 Å². The number of thioether (sulfide) groups is 1. The minimum Gasteiger partial charge on any atom is -0.456 e. The maximum absolute atomic E-state index is 6.64. The van der Waals surface area contributed by atoms with E-state index in [9.17, 15) is 0 Å². The Kier molecular flexibility index (Phi) is 6.33. The van der Waals surface area contributed by atoms with Crippen molar-refractivity contribution >= 4 is 28.4 Å². The van der Waals surface area contributed by atoms with Crippen molar-refractivity contribution in [3.8, 4) is 11.3 Å². The van der Waals surface area contributed by atoms with Gasteiger partial charge in [0.1, 0.15) is 24.4 Å². The van der Waals surface area contributed by atoms with Gasteiger partial charge in [-0.25, -0.2) is 4.58 Å². The van der Waals surface area contributed by atoms with Crippen LogP contribution in [0.3, 0.4) is 0 Å².